The molecule has 2 N–H and O–H groups in total. The van der Waals surface area contributed by atoms with Crippen LogP contribution in [0.3, 0.4) is 0 Å². The van der Waals surface area contributed by atoms with Crippen molar-refractivity contribution in [3.63, 3.8) is 0 Å². The first-order valence-electron chi connectivity index (χ1n) is 8.21. The number of rotatable bonds is 10. The molecule has 0 saturated carbocycles. The van der Waals surface area contributed by atoms with Gasteiger partial charge in [0.25, 0.3) is 11.8 Å². The third-order valence-electron chi connectivity index (χ3n) is 3.11. The Morgan fingerprint density at radius 1 is 0.786 bits per heavy atom. The molecule has 2 amide bonds. The van der Waals surface area contributed by atoms with Gasteiger partial charge in [-0.25, -0.2) is 9.59 Å². The van der Waals surface area contributed by atoms with E-state index in [4.69, 9.17) is 18.3 Å². The molecule has 0 unspecified atom stereocenters. The Morgan fingerprint density at radius 2 is 1.21 bits per heavy atom. The number of esters is 2. The number of amides is 2. The Bertz CT molecular complexity index is 741. The summed E-state index contributed by atoms with van der Waals surface area (Å²) in [6, 6.07) is 6.15. The molecule has 0 spiro atoms. The Labute approximate surface area is 159 Å². The Morgan fingerprint density at radius 3 is 1.57 bits per heavy atom. The zero-order valence-electron chi connectivity index (χ0n) is 14.7. The van der Waals surface area contributed by atoms with Gasteiger partial charge in [-0.3, -0.25) is 9.59 Å². The fourth-order valence-electron chi connectivity index (χ4n) is 1.85. The van der Waals surface area contributed by atoms with Crippen LogP contribution in [0.5, 0.6) is 0 Å². The third-order valence-corrected chi connectivity index (χ3v) is 3.11. The molecule has 148 valence electrons. The third kappa shape index (κ3) is 7.20. The molecule has 0 atom stereocenters. The molecule has 0 radical (unpaired) electrons. The topological polar surface area (TPSA) is 137 Å². The number of ether oxygens (including phenoxy) is 2. The van der Waals surface area contributed by atoms with E-state index in [1.165, 1.54) is 24.7 Å². The lowest BCUT2D eigenvalue weighted by molar-refractivity contribution is -0.140. The quantitative estimate of drug-likeness (QED) is 0.343. The second-order valence-corrected chi connectivity index (χ2v) is 5.13. The molecule has 2 heterocycles. The SMILES string of the molecule is O=C(/C=C/C(=O)OCCNC(=O)c1ccco1)OCCNC(=O)c1ccco1. The fourth-order valence-corrected chi connectivity index (χ4v) is 1.85. The van der Waals surface area contributed by atoms with Gasteiger partial charge in [0.15, 0.2) is 11.5 Å². The van der Waals surface area contributed by atoms with Gasteiger partial charge in [0.1, 0.15) is 13.2 Å². The summed E-state index contributed by atoms with van der Waals surface area (Å²) in [4.78, 5) is 46.0. The summed E-state index contributed by atoms with van der Waals surface area (Å²) in [6.45, 7) is 0.00478. The van der Waals surface area contributed by atoms with E-state index in [2.05, 4.69) is 10.6 Å². The number of carbonyl (C=O) groups is 4. The van der Waals surface area contributed by atoms with E-state index in [1.54, 1.807) is 12.1 Å². The second-order valence-electron chi connectivity index (χ2n) is 5.13. The summed E-state index contributed by atoms with van der Waals surface area (Å²) >= 11 is 0. The minimum Gasteiger partial charge on any atom is -0.461 e. The number of furan rings is 2. The standard InChI is InChI=1S/C18H18N2O8/c21-15(27-11-7-19-17(23)13-3-1-9-25-13)5-6-16(22)28-12-8-20-18(24)14-4-2-10-26-14/h1-6,9-10H,7-8,11-12H2,(H,19,23)(H,20,24)/b6-5+. The van der Waals surface area contributed by atoms with Gasteiger partial charge >= 0.3 is 11.9 Å². The Hall–Kier alpha value is -3.82. The highest BCUT2D eigenvalue weighted by atomic mass is 16.5. The molecule has 10 nitrogen and oxygen atoms in total. The summed E-state index contributed by atoms with van der Waals surface area (Å²) in [6.07, 6.45) is 4.54. The van der Waals surface area contributed by atoms with E-state index in [0.29, 0.717) is 0 Å². The van der Waals surface area contributed by atoms with Crippen LogP contribution >= 0.6 is 0 Å². The van der Waals surface area contributed by atoms with Crippen LogP contribution in [-0.4, -0.2) is 50.1 Å². The Kier molecular flexibility index (Phi) is 8.06. The number of hydrogen-bond acceptors (Lipinski definition) is 8. The molecule has 2 aromatic heterocycles. The number of carbonyl (C=O) groups excluding carboxylic acids is 4. The van der Waals surface area contributed by atoms with Gasteiger partial charge in [0, 0.05) is 12.2 Å². The van der Waals surface area contributed by atoms with Crippen molar-refractivity contribution in [2.24, 2.45) is 0 Å². The van der Waals surface area contributed by atoms with Crippen molar-refractivity contribution in [3.8, 4) is 0 Å². The van der Waals surface area contributed by atoms with Crippen molar-refractivity contribution in [3.05, 3.63) is 60.5 Å². The molecule has 0 aliphatic rings. The lowest BCUT2D eigenvalue weighted by atomic mass is 10.4. The van der Waals surface area contributed by atoms with Gasteiger partial charge in [-0.15, -0.1) is 0 Å². The molecule has 0 aromatic carbocycles. The average Bonchev–Trinajstić information content (AvgIpc) is 3.40. The highest BCUT2D eigenvalue weighted by molar-refractivity contribution is 5.92. The van der Waals surface area contributed by atoms with Crippen molar-refractivity contribution in [2.45, 2.75) is 0 Å². The summed E-state index contributed by atoms with van der Waals surface area (Å²) in [7, 11) is 0. The summed E-state index contributed by atoms with van der Waals surface area (Å²) in [5.74, 6) is -2.10. The van der Waals surface area contributed by atoms with E-state index in [1.807, 2.05) is 0 Å². The van der Waals surface area contributed by atoms with Crippen LogP contribution < -0.4 is 10.6 Å². The molecule has 28 heavy (non-hydrogen) atoms. The first kappa shape index (κ1) is 20.5. The largest absolute Gasteiger partial charge is 0.461 e. The first-order chi connectivity index (χ1) is 13.6. The predicted octanol–water partition coefficient (Wildman–Crippen LogP) is 0.675. The van der Waals surface area contributed by atoms with Crippen LogP contribution in [0.25, 0.3) is 0 Å². The molecule has 0 aliphatic carbocycles. The highest BCUT2D eigenvalue weighted by Crippen LogP contribution is 1.99. The number of hydrogen-bond donors (Lipinski definition) is 2. The Balaban J connectivity index is 1.53. The minimum absolute atomic E-state index is 0.0799. The van der Waals surface area contributed by atoms with E-state index in [-0.39, 0.29) is 37.8 Å². The van der Waals surface area contributed by atoms with Gasteiger partial charge in [0.05, 0.1) is 25.6 Å². The van der Waals surface area contributed by atoms with Crippen LogP contribution in [-0.2, 0) is 19.1 Å². The van der Waals surface area contributed by atoms with Crippen molar-refractivity contribution >= 4 is 23.8 Å². The lowest BCUT2D eigenvalue weighted by Crippen LogP contribution is -2.27. The van der Waals surface area contributed by atoms with E-state index in [9.17, 15) is 19.2 Å². The van der Waals surface area contributed by atoms with Gasteiger partial charge in [0.2, 0.25) is 0 Å². The molecule has 2 rings (SSSR count). The van der Waals surface area contributed by atoms with E-state index in [0.717, 1.165) is 12.2 Å². The van der Waals surface area contributed by atoms with Crippen molar-refractivity contribution in [1.82, 2.24) is 10.6 Å². The number of nitrogens with one attached hydrogen (secondary N) is 2. The molecular weight excluding hydrogens is 372 g/mol. The maximum atomic E-state index is 11.5. The molecule has 10 heteroatoms. The molecule has 0 bridgehead atoms. The summed E-state index contributed by atoms with van der Waals surface area (Å²) < 4.78 is 19.4. The van der Waals surface area contributed by atoms with Crippen molar-refractivity contribution in [2.75, 3.05) is 26.3 Å². The monoisotopic (exact) mass is 390 g/mol. The molecule has 0 fully saturated rings. The van der Waals surface area contributed by atoms with E-state index < -0.39 is 23.8 Å². The van der Waals surface area contributed by atoms with Gasteiger partial charge in [-0.2, -0.15) is 0 Å². The first-order valence-corrected chi connectivity index (χ1v) is 8.21. The highest BCUT2D eigenvalue weighted by Gasteiger charge is 2.08. The van der Waals surface area contributed by atoms with Crippen LogP contribution in [0.1, 0.15) is 21.1 Å². The molecular formula is C18H18N2O8. The van der Waals surface area contributed by atoms with Gasteiger partial charge < -0.3 is 28.9 Å². The minimum atomic E-state index is -0.768. The predicted molar refractivity (Wildman–Crippen MR) is 93.1 cm³/mol. The van der Waals surface area contributed by atoms with Crippen LogP contribution in [0.15, 0.2) is 57.8 Å². The van der Waals surface area contributed by atoms with E-state index >= 15 is 0 Å². The zero-order valence-corrected chi connectivity index (χ0v) is 14.7. The molecule has 2 aromatic rings. The fraction of sp³-hybridized carbons (Fsp3) is 0.222. The normalized spacial score (nSPS) is 10.4. The lowest BCUT2D eigenvalue weighted by Gasteiger charge is -2.04. The average molecular weight is 390 g/mol. The van der Waals surface area contributed by atoms with Crippen molar-refractivity contribution < 1.29 is 37.5 Å². The summed E-state index contributed by atoms with van der Waals surface area (Å²) in [5, 5.41) is 4.98. The van der Waals surface area contributed by atoms with Crippen LogP contribution in [0.2, 0.25) is 0 Å². The maximum absolute atomic E-state index is 11.5. The summed E-state index contributed by atoms with van der Waals surface area (Å²) in [5.41, 5.74) is 0. The van der Waals surface area contributed by atoms with Crippen molar-refractivity contribution in [1.29, 1.82) is 0 Å². The van der Waals surface area contributed by atoms with Crippen LogP contribution in [0, 0.1) is 0 Å². The second kappa shape index (κ2) is 11.0. The maximum Gasteiger partial charge on any atom is 0.331 e. The zero-order chi connectivity index (χ0) is 20.2. The smallest absolute Gasteiger partial charge is 0.331 e. The molecule has 0 saturated heterocycles. The van der Waals surface area contributed by atoms with Gasteiger partial charge in [-0.1, -0.05) is 0 Å². The molecule has 0 aliphatic heterocycles. The van der Waals surface area contributed by atoms with Crippen LogP contribution in [0.4, 0.5) is 0 Å². The van der Waals surface area contributed by atoms with Gasteiger partial charge in [-0.05, 0) is 24.3 Å².